The van der Waals surface area contributed by atoms with Crippen LogP contribution in [-0.2, 0) is 19.1 Å². The van der Waals surface area contributed by atoms with Gasteiger partial charge in [-0.25, -0.2) is 0 Å². The Kier molecular flexibility index (Phi) is 6.08. The van der Waals surface area contributed by atoms with Crippen LogP contribution < -0.4 is 0 Å². The Morgan fingerprint density at radius 3 is 2.94 bits per heavy atom. The molecule has 0 radical (unpaired) electrons. The minimum atomic E-state index is -0.333. The van der Waals surface area contributed by atoms with Crippen LogP contribution in [0, 0.1) is 5.92 Å². The van der Waals surface area contributed by atoms with Gasteiger partial charge >= 0.3 is 5.97 Å². The molecule has 1 aliphatic rings. The van der Waals surface area contributed by atoms with Crippen LogP contribution >= 0.6 is 0 Å². The van der Waals surface area contributed by atoms with Crippen molar-refractivity contribution in [3.8, 4) is 0 Å². The Morgan fingerprint density at radius 1 is 1.56 bits per heavy atom. The molecule has 0 saturated carbocycles. The summed E-state index contributed by atoms with van der Waals surface area (Å²) in [5, 5.41) is 0. The van der Waals surface area contributed by atoms with Crippen molar-refractivity contribution in [2.45, 2.75) is 45.1 Å². The van der Waals surface area contributed by atoms with E-state index in [1.165, 1.54) is 0 Å². The van der Waals surface area contributed by atoms with Crippen LogP contribution in [0.5, 0.6) is 0 Å². The van der Waals surface area contributed by atoms with E-state index in [0.717, 1.165) is 32.2 Å². The van der Waals surface area contributed by atoms with E-state index in [4.69, 9.17) is 9.47 Å². The highest BCUT2D eigenvalue weighted by molar-refractivity contribution is 5.75. The molecular formula is C12H20O4. The van der Waals surface area contributed by atoms with Crippen LogP contribution in [0.2, 0.25) is 0 Å². The molecule has 0 N–H and O–H groups in total. The summed E-state index contributed by atoms with van der Waals surface area (Å²) < 4.78 is 10.5. The molecule has 1 fully saturated rings. The maximum atomic E-state index is 11.6. The van der Waals surface area contributed by atoms with Crippen molar-refractivity contribution in [1.82, 2.24) is 0 Å². The lowest BCUT2D eigenvalue weighted by atomic mass is 9.95. The smallest absolute Gasteiger partial charge is 0.309 e. The van der Waals surface area contributed by atoms with Gasteiger partial charge in [0.25, 0.3) is 0 Å². The highest BCUT2D eigenvalue weighted by atomic mass is 16.5. The van der Waals surface area contributed by atoms with Gasteiger partial charge in [-0.05, 0) is 32.6 Å². The van der Waals surface area contributed by atoms with E-state index in [-0.39, 0.29) is 24.4 Å². The van der Waals surface area contributed by atoms with Crippen molar-refractivity contribution in [1.29, 1.82) is 0 Å². The summed E-state index contributed by atoms with van der Waals surface area (Å²) in [4.78, 5) is 22.1. The Morgan fingerprint density at radius 2 is 2.38 bits per heavy atom. The van der Waals surface area contributed by atoms with Crippen LogP contribution in [0.25, 0.3) is 0 Å². The van der Waals surface area contributed by atoms with E-state index in [1.807, 2.05) is 0 Å². The number of carbonyl (C=O) groups excluding carboxylic acids is 2. The van der Waals surface area contributed by atoms with Gasteiger partial charge in [-0.15, -0.1) is 0 Å². The molecule has 1 aliphatic heterocycles. The minimum absolute atomic E-state index is 0.114. The molecule has 0 aromatic heterocycles. The highest BCUT2D eigenvalue weighted by Crippen LogP contribution is 2.22. The van der Waals surface area contributed by atoms with Gasteiger partial charge in [0, 0.05) is 13.0 Å². The number of hydrogen-bond acceptors (Lipinski definition) is 4. The lowest BCUT2D eigenvalue weighted by Gasteiger charge is -2.25. The maximum absolute atomic E-state index is 11.6. The number of rotatable bonds is 6. The molecule has 0 aliphatic carbocycles. The van der Waals surface area contributed by atoms with E-state index >= 15 is 0 Å². The van der Waals surface area contributed by atoms with Crippen molar-refractivity contribution >= 4 is 12.3 Å². The van der Waals surface area contributed by atoms with Crippen molar-refractivity contribution in [3.05, 3.63) is 0 Å². The summed E-state index contributed by atoms with van der Waals surface area (Å²) in [6, 6.07) is 0. The zero-order valence-corrected chi connectivity index (χ0v) is 9.81. The molecule has 0 aromatic rings. The van der Waals surface area contributed by atoms with Gasteiger partial charge in [-0.1, -0.05) is 0 Å². The van der Waals surface area contributed by atoms with E-state index < -0.39 is 0 Å². The second-order valence-electron chi connectivity index (χ2n) is 4.08. The standard InChI is InChI=1S/C12H20O4/c1-2-15-12(14)10(6-7-13)9-11-5-3-4-8-16-11/h7,10-11H,2-6,8-9H2,1H3. The molecular weight excluding hydrogens is 208 g/mol. The third kappa shape index (κ3) is 4.31. The molecule has 16 heavy (non-hydrogen) atoms. The highest BCUT2D eigenvalue weighted by Gasteiger charge is 2.25. The Hall–Kier alpha value is -0.900. The molecule has 1 rings (SSSR count). The van der Waals surface area contributed by atoms with E-state index in [0.29, 0.717) is 13.0 Å². The van der Waals surface area contributed by atoms with Gasteiger partial charge in [0.05, 0.1) is 18.6 Å². The molecule has 1 saturated heterocycles. The van der Waals surface area contributed by atoms with Gasteiger partial charge in [-0.2, -0.15) is 0 Å². The molecule has 4 nitrogen and oxygen atoms in total. The van der Waals surface area contributed by atoms with Crippen molar-refractivity contribution in [2.75, 3.05) is 13.2 Å². The topological polar surface area (TPSA) is 52.6 Å². The number of hydrogen-bond donors (Lipinski definition) is 0. The van der Waals surface area contributed by atoms with Crippen molar-refractivity contribution in [3.63, 3.8) is 0 Å². The van der Waals surface area contributed by atoms with Gasteiger partial charge in [0.1, 0.15) is 6.29 Å². The number of carbonyl (C=O) groups is 2. The third-order valence-corrected chi connectivity index (χ3v) is 2.82. The summed E-state index contributed by atoms with van der Waals surface area (Å²) in [6.07, 6.45) is 4.95. The number of esters is 1. The number of ether oxygens (including phenoxy) is 2. The molecule has 0 amide bonds. The lowest BCUT2D eigenvalue weighted by Crippen LogP contribution is -2.27. The van der Waals surface area contributed by atoms with E-state index in [2.05, 4.69) is 0 Å². The summed E-state index contributed by atoms with van der Waals surface area (Å²) in [6.45, 7) is 2.90. The van der Waals surface area contributed by atoms with Crippen LogP contribution in [-0.4, -0.2) is 31.6 Å². The van der Waals surface area contributed by atoms with Crippen molar-refractivity contribution < 1.29 is 19.1 Å². The zero-order valence-electron chi connectivity index (χ0n) is 9.81. The summed E-state index contributed by atoms with van der Waals surface area (Å²) in [5.74, 6) is -0.607. The molecule has 0 bridgehead atoms. The average Bonchev–Trinajstić information content (AvgIpc) is 2.30. The first-order chi connectivity index (χ1) is 7.77. The summed E-state index contributed by atoms with van der Waals surface area (Å²) >= 11 is 0. The summed E-state index contributed by atoms with van der Waals surface area (Å²) in [5.41, 5.74) is 0. The first kappa shape index (κ1) is 13.2. The molecule has 0 spiro atoms. The molecule has 92 valence electrons. The van der Waals surface area contributed by atoms with Crippen LogP contribution in [0.3, 0.4) is 0 Å². The van der Waals surface area contributed by atoms with E-state index in [9.17, 15) is 9.59 Å². The van der Waals surface area contributed by atoms with Crippen molar-refractivity contribution in [2.24, 2.45) is 5.92 Å². The predicted octanol–water partition coefficient (Wildman–Crippen LogP) is 1.71. The second kappa shape index (κ2) is 7.39. The molecule has 0 aromatic carbocycles. The average molecular weight is 228 g/mol. The molecule has 2 unspecified atom stereocenters. The second-order valence-corrected chi connectivity index (χ2v) is 4.08. The van der Waals surface area contributed by atoms with Crippen LogP contribution in [0.4, 0.5) is 0 Å². The molecule has 4 heteroatoms. The first-order valence-electron chi connectivity index (χ1n) is 5.99. The monoisotopic (exact) mass is 228 g/mol. The fourth-order valence-electron chi connectivity index (χ4n) is 1.98. The van der Waals surface area contributed by atoms with Crippen LogP contribution in [0.15, 0.2) is 0 Å². The quantitative estimate of drug-likeness (QED) is 0.513. The fraction of sp³-hybridized carbons (Fsp3) is 0.833. The predicted molar refractivity (Wildman–Crippen MR) is 59.0 cm³/mol. The van der Waals surface area contributed by atoms with E-state index in [1.54, 1.807) is 6.92 Å². The van der Waals surface area contributed by atoms with Gasteiger partial charge in [-0.3, -0.25) is 4.79 Å². The Balaban J connectivity index is 2.42. The molecule has 2 atom stereocenters. The van der Waals surface area contributed by atoms with Gasteiger partial charge in [0.15, 0.2) is 0 Å². The van der Waals surface area contributed by atoms with Gasteiger partial charge in [0.2, 0.25) is 0 Å². The number of aldehydes is 1. The largest absolute Gasteiger partial charge is 0.466 e. The zero-order chi connectivity index (χ0) is 11.8. The Labute approximate surface area is 96.3 Å². The SMILES string of the molecule is CCOC(=O)C(CC=O)CC1CCCCO1. The Bertz CT molecular complexity index is 221. The third-order valence-electron chi connectivity index (χ3n) is 2.82. The molecule has 1 heterocycles. The van der Waals surface area contributed by atoms with Gasteiger partial charge < -0.3 is 14.3 Å². The normalized spacial score (nSPS) is 22.4. The lowest BCUT2D eigenvalue weighted by molar-refractivity contribution is -0.150. The fourth-order valence-corrected chi connectivity index (χ4v) is 1.98. The first-order valence-corrected chi connectivity index (χ1v) is 5.99. The maximum Gasteiger partial charge on any atom is 0.309 e. The summed E-state index contributed by atoms with van der Waals surface area (Å²) in [7, 11) is 0. The van der Waals surface area contributed by atoms with Crippen LogP contribution in [0.1, 0.15) is 39.0 Å². The minimum Gasteiger partial charge on any atom is -0.466 e.